The summed E-state index contributed by atoms with van der Waals surface area (Å²) >= 11 is 7.74. The van der Waals surface area contributed by atoms with E-state index in [0.29, 0.717) is 10.6 Å². The molecule has 2 heterocycles. The fraction of sp³-hybridized carbons (Fsp3) is 0.0500. The van der Waals surface area contributed by atoms with Crippen LogP contribution >= 0.6 is 22.9 Å². The fourth-order valence-electron chi connectivity index (χ4n) is 2.91. The minimum Gasteiger partial charge on any atom is -0.496 e. The zero-order valence-electron chi connectivity index (χ0n) is 13.4. The number of anilines is 1. The molecule has 0 fully saturated rings. The highest BCUT2D eigenvalue weighted by Crippen LogP contribution is 2.37. The summed E-state index contributed by atoms with van der Waals surface area (Å²) in [5.41, 5.74) is 4.16. The topological polar surface area (TPSA) is 38.3 Å². The van der Waals surface area contributed by atoms with Crippen molar-refractivity contribution in [2.75, 3.05) is 12.4 Å². The van der Waals surface area contributed by atoms with Crippen LogP contribution in [0, 0.1) is 0 Å². The summed E-state index contributed by atoms with van der Waals surface area (Å²) in [6.45, 7) is 0. The molecule has 3 nitrogen and oxygen atoms in total. The van der Waals surface area contributed by atoms with E-state index in [1.165, 1.54) is 0 Å². The first-order valence-corrected chi connectivity index (χ1v) is 8.96. The van der Waals surface area contributed by atoms with Gasteiger partial charge in [0.1, 0.15) is 5.75 Å². The third kappa shape index (κ3) is 2.95. The first-order chi connectivity index (χ1) is 12.2. The van der Waals surface area contributed by atoms with Crippen molar-refractivity contribution in [3.63, 3.8) is 0 Å². The summed E-state index contributed by atoms with van der Waals surface area (Å²) in [7, 11) is 1.66. The molecule has 1 N–H and O–H groups in total. The predicted octanol–water partition coefficient (Wildman–Crippen LogP) is 5.57. The Hall–Kier alpha value is -2.56. The van der Waals surface area contributed by atoms with E-state index in [2.05, 4.69) is 11.4 Å². The van der Waals surface area contributed by atoms with Crippen LogP contribution < -0.4 is 10.1 Å². The smallest absolute Gasteiger partial charge is 0.256 e. The first kappa shape index (κ1) is 15.9. The van der Waals surface area contributed by atoms with E-state index >= 15 is 0 Å². The van der Waals surface area contributed by atoms with E-state index in [9.17, 15) is 4.79 Å². The quantitative estimate of drug-likeness (QED) is 0.614. The lowest BCUT2D eigenvalue weighted by atomic mass is 10.0. The Morgan fingerprint density at radius 1 is 1.12 bits per heavy atom. The van der Waals surface area contributed by atoms with Crippen LogP contribution in [0.4, 0.5) is 5.69 Å². The molecule has 4 rings (SSSR count). The number of fused-ring (bicyclic) bond motifs is 1. The molecule has 1 aliphatic heterocycles. The van der Waals surface area contributed by atoms with E-state index in [1.54, 1.807) is 24.5 Å². The summed E-state index contributed by atoms with van der Waals surface area (Å²) in [4.78, 5) is 13.5. The molecule has 0 atom stereocenters. The number of carbonyl (C=O) groups excluding carboxylic acids is 1. The van der Waals surface area contributed by atoms with E-state index in [0.717, 1.165) is 33.0 Å². The van der Waals surface area contributed by atoms with Gasteiger partial charge in [-0.15, -0.1) is 11.3 Å². The highest BCUT2D eigenvalue weighted by Gasteiger charge is 2.24. The summed E-state index contributed by atoms with van der Waals surface area (Å²) in [5, 5.41) is 5.51. The van der Waals surface area contributed by atoms with Crippen molar-refractivity contribution in [1.29, 1.82) is 0 Å². The average Bonchev–Trinajstić information content (AvgIpc) is 3.24. The summed E-state index contributed by atoms with van der Waals surface area (Å²) in [5.74, 6) is 0.690. The van der Waals surface area contributed by atoms with Crippen molar-refractivity contribution in [2.45, 2.75) is 0 Å². The van der Waals surface area contributed by atoms with Crippen LogP contribution in [0.5, 0.6) is 5.75 Å². The molecule has 124 valence electrons. The standard InChI is InChI=1S/C20H14ClNO2S/c1-24-18-7-4-12(10-16(18)19-3-2-8-25-19)9-15-14-11-13(21)5-6-17(14)22-20(15)23/h2-11H,1H3,(H,22,23). The van der Waals surface area contributed by atoms with Crippen LogP contribution in [-0.2, 0) is 4.79 Å². The number of ether oxygens (including phenoxy) is 1. The van der Waals surface area contributed by atoms with Crippen molar-refractivity contribution >= 4 is 46.2 Å². The molecule has 3 aromatic rings. The van der Waals surface area contributed by atoms with Crippen molar-refractivity contribution < 1.29 is 9.53 Å². The number of benzene rings is 2. The number of nitrogens with one attached hydrogen (secondary N) is 1. The van der Waals surface area contributed by atoms with Gasteiger partial charge < -0.3 is 10.1 Å². The number of hydrogen-bond donors (Lipinski definition) is 1. The second-order valence-electron chi connectivity index (χ2n) is 5.64. The first-order valence-electron chi connectivity index (χ1n) is 7.70. The van der Waals surface area contributed by atoms with Crippen molar-refractivity contribution in [1.82, 2.24) is 0 Å². The molecule has 0 bridgehead atoms. The Morgan fingerprint density at radius 2 is 2.00 bits per heavy atom. The number of rotatable bonds is 3. The number of halogens is 1. The van der Waals surface area contributed by atoms with E-state index < -0.39 is 0 Å². The summed E-state index contributed by atoms with van der Waals surface area (Å²) < 4.78 is 5.48. The van der Waals surface area contributed by atoms with Crippen LogP contribution in [0.3, 0.4) is 0 Å². The lowest BCUT2D eigenvalue weighted by molar-refractivity contribution is -0.110. The number of carbonyl (C=O) groups is 1. The summed E-state index contributed by atoms with van der Waals surface area (Å²) in [6.07, 6.45) is 1.88. The van der Waals surface area contributed by atoms with Gasteiger partial charge in [-0.2, -0.15) is 0 Å². The van der Waals surface area contributed by atoms with Crippen LogP contribution in [0.15, 0.2) is 53.9 Å². The Balaban J connectivity index is 1.82. The third-order valence-corrected chi connectivity index (χ3v) is 5.22. The van der Waals surface area contributed by atoms with Crippen LogP contribution in [0.2, 0.25) is 5.02 Å². The van der Waals surface area contributed by atoms with Gasteiger partial charge in [0.2, 0.25) is 0 Å². The number of methoxy groups -OCH3 is 1. The lowest BCUT2D eigenvalue weighted by Gasteiger charge is -2.08. The van der Waals surface area contributed by atoms with Gasteiger partial charge >= 0.3 is 0 Å². The predicted molar refractivity (Wildman–Crippen MR) is 104 cm³/mol. The van der Waals surface area contributed by atoms with E-state index in [4.69, 9.17) is 16.3 Å². The molecule has 0 aliphatic carbocycles. The monoisotopic (exact) mass is 367 g/mol. The maximum atomic E-state index is 12.3. The molecule has 25 heavy (non-hydrogen) atoms. The van der Waals surface area contributed by atoms with Gasteiger partial charge in [-0.1, -0.05) is 23.7 Å². The molecule has 1 amide bonds. The maximum absolute atomic E-state index is 12.3. The molecule has 1 aliphatic rings. The Morgan fingerprint density at radius 3 is 2.76 bits per heavy atom. The highest BCUT2D eigenvalue weighted by molar-refractivity contribution is 7.13. The average molecular weight is 368 g/mol. The van der Waals surface area contributed by atoms with Crippen LogP contribution in [-0.4, -0.2) is 13.0 Å². The highest BCUT2D eigenvalue weighted by atomic mass is 35.5. The van der Waals surface area contributed by atoms with E-state index in [1.807, 2.05) is 47.9 Å². The second kappa shape index (κ2) is 6.39. The molecule has 0 unspecified atom stereocenters. The normalized spacial score (nSPS) is 14.5. The molecular weight excluding hydrogens is 354 g/mol. The number of amides is 1. The van der Waals surface area contributed by atoms with Gasteiger partial charge in [-0.05, 0) is 53.4 Å². The van der Waals surface area contributed by atoms with Gasteiger partial charge in [0.05, 0.1) is 7.11 Å². The van der Waals surface area contributed by atoms with Gasteiger partial charge in [0, 0.05) is 32.3 Å². The van der Waals surface area contributed by atoms with Crippen molar-refractivity contribution in [3.05, 3.63) is 70.1 Å². The summed E-state index contributed by atoms with van der Waals surface area (Å²) in [6, 6.07) is 15.4. The zero-order valence-corrected chi connectivity index (χ0v) is 14.9. The number of hydrogen-bond acceptors (Lipinski definition) is 3. The molecule has 5 heteroatoms. The minimum absolute atomic E-state index is 0.120. The molecule has 0 spiro atoms. The molecule has 1 aromatic heterocycles. The van der Waals surface area contributed by atoms with Gasteiger partial charge in [-0.3, -0.25) is 4.79 Å². The minimum atomic E-state index is -0.120. The zero-order chi connectivity index (χ0) is 17.4. The van der Waals surface area contributed by atoms with Crippen LogP contribution in [0.25, 0.3) is 22.1 Å². The Bertz CT molecular complexity index is 993. The van der Waals surface area contributed by atoms with Gasteiger partial charge in [-0.25, -0.2) is 0 Å². The van der Waals surface area contributed by atoms with Gasteiger partial charge in [0.15, 0.2) is 0 Å². The third-order valence-electron chi connectivity index (χ3n) is 4.09. The Labute approximate surface area is 154 Å². The molecule has 0 saturated heterocycles. The molecular formula is C20H14ClNO2S. The SMILES string of the molecule is COc1ccc(C=C2C(=O)Nc3ccc(Cl)cc32)cc1-c1cccs1. The maximum Gasteiger partial charge on any atom is 0.256 e. The van der Waals surface area contributed by atoms with Crippen molar-refractivity contribution in [2.24, 2.45) is 0 Å². The molecule has 0 radical (unpaired) electrons. The molecule has 2 aromatic carbocycles. The Kier molecular flexibility index (Phi) is 4.07. The second-order valence-corrected chi connectivity index (χ2v) is 7.02. The van der Waals surface area contributed by atoms with Gasteiger partial charge in [0.25, 0.3) is 5.91 Å². The van der Waals surface area contributed by atoms with E-state index in [-0.39, 0.29) is 5.91 Å². The molecule has 0 saturated carbocycles. The van der Waals surface area contributed by atoms with Crippen molar-refractivity contribution in [3.8, 4) is 16.2 Å². The largest absolute Gasteiger partial charge is 0.496 e. The van der Waals surface area contributed by atoms with Crippen LogP contribution in [0.1, 0.15) is 11.1 Å². The number of thiophene rings is 1. The fourth-order valence-corrected chi connectivity index (χ4v) is 3.83. The lowest BCUT2D eigenvalue weighted by Crippen LogP contribution is -2.03.